The van der Waals surface area contributed by atoms with Crippen LogP contribution < -0.4 is 0 Å². The molecule has 2 aromatic carbocycles. The van der Waals surface area contributed by atoms with Gasteiger partial charge >= 0.3 is 0 Å². The SMILES string of the molecule is CCCCCCCCCCOC(C)c1ccc(-c2ccccc2)cc1. The summed E-state index contributed by atoms with van der Waals surface area (Å²) in [7, 11) is 0. The van der Waals surface area contributed by atoms with E-state index in [4.69, 9.17) is 4.74 Å². The first-order valence-corrected chi connectivity index (χ1v) is 10.1. The van der Waals surface area contributed by atoms with Crippen LogP contribution in [0.15, 0.2) is 54.6 Å². The molecule has 0 aliphatic heterocycles. The molecule has 1 nitrogen and oxygen atoms in total. The standard InChI is InChI=1S/C24H34O/c1-3-4-5-6-7-8-9-13-20-25-21(2)22-16-18-24(19-17-22)23-14-11-10-12-15-23/h10-12,14-19,21H,3-9,13,20H2,1-2H3. The van der Waals surface area contributed by atoms with Crippen LogP contribution in [0.4, 0.5) is 0 Å². The zero-order valence-corrected chi connectivity index (χ0v) is 16.0. The van der Waals surface area contributed by atoms with E-state index in [0.717, 1.165) is 6.61 Å². The average Bonchev–Trinajstić information content (AvgIpc) is 2.67. The molecule has 0 saturated heterocycles. The van der Waals surface area contributed by atoms with Crippen LogP contribution in [-0.4, -0.2) is 6.61 Å². The summed E-state index contributed by atoms with van der Waals surface area (Å²) in [5.74, 6) is 0. The molecule has 0 heterocycles. The topological polar surface area (TPSA) is 9.23 Å². The highest BCUT2D eigenvalue weighted by Gasteiger charge is 2.06. The number of hydrogen-bond acceptors (Lipinski definition) is 1. The first-order valence-electron chi connectivity index (χ1n) is 10.1. The van der Waals surface area contributed by atoms with Gasteiger partial charge in [0.2, 0.25) is 0 Å². The van der Waals surface area contributed by atoms with Crippen LogP contribution >= 0.6 is 0 Å². The van der Waals surface area contributed by atoms with E-state index in [1.54, 1.807) is 0 Å². The molecule has 0 bridgehead atoms. The molecule has 0 amide bonds. The third-order valence-electron chi connectivity index (χ3n) is 4.85. The lowest BCUT2D eigenvalue weighted by molar-refractivity contribution is 0.0627. The van der Waals surface area contributed by atoms with Crippen LogP contribution in [0.1, 0.15) is 76.9 Å². The van der Waals surface area contributed by atoms with E-state index in [-0.39, 0.29) is 6.10 Å². The highest BCUT2D eigenvalue weighted by Crippen LogP contribution is 2.23. The normalized spacial score (nSPS) is 12.2. The lowest BCUT2D eigenvalue weighted by Crippen LogP contribution is -2.01. The largest absolute Gasteiger partial charge is 0.374 e. The molecule has 0 aliphatic carbocycles. The Morgan fingerprint density at radius 2 is 1.24 bits per heavy atom. The van der Waals surface area contributed by atoms with Gasteiger partial charge in [0.1, 0.15) is 0 Å². The second-order valence-electron chi connectivity index (χ2n) is 6.98. The Morgan fingerprint density at radius 3 is 1.88 bits per heavy atom. The molecule has 0 saturated carbocycles. The van der Waals surface area contributed by atoms with Gasteiger partial charge < -0.3 is 4.74 Å². The quantitative estimate of drug-likeness (QED) is 0.362. The van der Waals surface area contributed by atoms with Crippen molar-refractivity contribution in [1.29, 1.82) is 0 Å². The van der Waals surface area contributed by atoms with Crippen LogP contribution in [-0.2, 0) is 4.74 Å². The summed E-state index contributed by atoms with van der Waals surface area (Å²) < 4.78 is 6.02. The third-order valence-corrected chi connectivity index (χ3v) is 4.85. The molecule has 0 spiro atoms. The second-order valence-corrected chi connectivity index (χ2v) is 6.98. The van der Waals surface area contributed by atoms with E-state index >= 15 is 0 Å². The molecule has 0 radical (unpaired) electrons. The predicted molar refractivity (Wildman–Crippen MR) is 109 cm³/mol. The molecule has 1 unspecified atom stereocenters. The number of hydrogen-bond donors (Lipinski definition) is 0. The molecular formula is C24H34O. The Kier molecular flexibility index (Phi) is 9.36. The molecule has 0 N–H and O–H groups in total. The van der Waals surface area contributed by atoms with Gasteiger partial charge in [0.05, 0.1) is 6.10 Å². The Balaban J connectivity index is 1.63. The summed E-state index contributed by atoms with van der Waals surface area (Å²) in [6.45, 7) is 5.30. The fourth-order valence-electron chi connectivity index (χ4n) is 3.17. The number of ether oxygens (including phenoxy) is 1. The van der Waals surface area contributed by atoms with E-state index < -0.39 is 0 Å². The first kappa shape index (κ1) is 19.7. The van der Waals surface area contributed by atoms with E-state index in [1.807, 2.05) is 0 Å². The molecule has 2 aromatic rings. The van der Waals surface area contributed by atoms with Gasteiger partial charge in [-0.3, -0.25) is 0 Å². The molecule has 136 valence electrons. The van der Waals surface area contributed by atoms with Crippen LogP contribution in [0.25, 0.3) is 11.1 Å². The lowest BCUT2D eigenvalue weighted by Gasteiger charge is -2.14. The predicted octanol–water partition coefficient (Wildman–Crippen LogP) is 7.57. The number of rotatable bonds is 12. The van der Waals surface area contributed by atoms with E-state index in [9.17, 15) is 0 Å². The highest BCUT2D eigenvalue weighted by molar-refractivity contribution is 5.63. The summed E-state index contributed by atoms with van der Waals surface area (Å²) >= 11 is 0. The summed E-state index contributed by atoms with van der Waals surface area (Å²) in [5, 5.41) is 0. The number of unbranched alkanes of at least 4 members (excludes halogenated alkanes) is 7. The maximum Gasteiger partial charge on any atom is 0.0796 e. The molecule has 1 heteroatoms. The minimum atomic E-state index is 0.175. The van der Waals surface area contributed by atoms with Crippen molar-refractivity contribution in [3.63, 3.8) is 0 Å². The molecule has 0 fully saturated rings. The van der Waals surface area contributed by atoms with E-state index in [0.29, 0.717) is 0 Å². The van der Waals surface area contributed by atoms with E-state index in [1.165, 1.54) is 68.1 Å². The van der Waals surface area contributed by atoms with Crippen LogP contribution in [0.3, 0.4) is 0 Å². The van der Waals surface area contributed by atoms with Crippen molar-refractivity contribution in [3.8, 4) is 11.1 Å². The van der Waals surface area contributed by atoms with Crippen molar-refractivity contribution in [2.45, 2.75) is 71.3 Å². The summed E-state index contributed by atoms with van der Waals surface area (Å²) in [5.41, 5.74) is 3.79. The smallest absolute Gasteiger partial charge is 0.0796 e. The van der Waals surface area contributed by atoms with Crippen molar-refractivity contribution in [3.05, 3.63) is 60.2 Å². The first-order chi connectivity index (χ1) is 12.3. The molecule has 0 aromatic heterocycles. The van der Waals surface area contributed by atoms with Gasteiger partial charge in [0.25, 0.3) is 0 Å². The summed E-state index contributed by atoms with van der Waals surface area (Å²) in [6.07, 6.45) is 10.9. The summed E-state index contributed by atoms with van der Waals surface area (Å²) in [6, 6.07) is 19.3. The maximum atomic E-state index is 6.02. The van der Waals surface area contributed by atoms with Gasteiger partial charge in [-0.2, -0.15) is 0 Å². The monoisotopic (exact) mass is 338 g/mol. The fraction of sp³-hybridized carbons (Fsp3) is 0.500. The third kappa shape index (κ3) is 7.44. The van der Waals surface area contributed by atoms with Gasteiger partial charge in [0, 0.05) is 6.61 Å². The van der Waals surface area contributed by atoms with Crippen molar-refractivity contribution >= 4 is 0 Å². The Morgan fingerprint density at radius 1 is 0.680 bits per heavy atom. The van der Waals surface area contributed by atoms with Gasteiger partial charge in [-0.15, -0.1) is 0 Å². The fourth-order valence-corrected chi connectivity index (χ4v) is 3.17. The highest BCUT2D eigenvalue weighted by atomic mass is 16.5. The van der Waals surface area contributed by atoms with Crippen LogP contribution in [0.5, 0.6) is 0 Å². The molecule has 2 rings (SSSR count). The average molecular weight is 339 g/mol. The van der Waals surface area contributed by atoms with Crippen LogP contribution in [0, 0.1) is 0 Å². The minimum Gasteiger partial charge on any atom is -0.374 e. The zero-order chi connectivity index (χ0) is 17.7. The van der Waals surface area contributed by atoms with Crippen LogP contribution in [0.2, 0.25) is 0 Å². The zero-order valence-electron chi connectivity index (χ0n) is 16.0. The van der Waals surface area contributed by atoms with Gasteiger partial charge in [0.15, 0.2) is 0 Å². The molecule has 1 atom stereocenters. The number of benzene rings is 2. The van der Waals surface area contributed by atoms with Crippen molar-refractivity contribution in [2.75, 3.05) is 6.61 Å². The van der Waals surface area contributed by atoms with Gasteiger partial charge in [-0.25, -0.2) is 0 Å². The maximum absolute atomic E-state index is 6.02. The van der Waals surface area contributed by atoms with Crippen molar-refractivity contribution < 1.29 is 4.74 Å². The van der Waals surface area contributed by atoms with Gasteiger partial charge in [-0.05, 0) is 30.0 Å². The van der Waals surface area contributed by atoms with Crippen molar-refractivity contribution in [2.24, 2.45) is 0 Å². The Labute approximate surface area is 154 Å². The van der Waals surface area contributed by atoms with Crippen molar-refractivity contribution in [1.82, 2.24) is 0 Å². The second kappa shape index (κ2) is 11.9. The van der Waals surface area contributed by atoms with Gasteiger partial charge in [-0.1, -0.05) is 106 Å². The molecule has 25 heavy (non-hydrogen) atoms. The summed E-state index contributed by atoms with van der Waals surface area (Å²) in [4.78, 5) is 0. The Hall–Kier alpha value is -1.60. The molecule has 0 aliphatic rings. The minimum absolute atomic E-state index is 0.175. The van der Waals surface area contributed by atoms with E-state index in [2.05, 4.69) is 68.4 Å². The lowest BCUT2D eigenvalue weighted by atomic mass is 10.0. The Bertz CT molecular complexity index is 558. The molecular weight excluding hydrogens is 304 g/mol.